The van der Waals surface area contributed by atoms with E-state index in [2.05, 4.69) is 82.3 Å². The quantitative estimate of drug-likeness (QED) is 0.552. The van der Waals surface area contributed by atoms with Crippen LogP contribution in [0.3, 0.4) is 0 Å². The van der Waals surface area contributed by atoms with Crippen molar-refractivity contribution in [1.29, 1.82) is 0 Å². The van der Waals surface area contributed by atoms with Crippen LogP contribution in [0.5, 0.6) is 11.5 Å². The van der Waals surface area contributed by atoms with Gasteiger partial charge in [0.1, 0.15) is 18.1 Å². The van der Waals surface area contributed by atoms with Gasteiger partial charge in [0.15, 0.2) is 0 Å². The highest BCUT2D eigenvalue weighted by molar-refractivity contribution is 5.40. The third-order valence-corrected chi connectivity index (χ3v) is 5.24. The molecule has 0 spiro atoms. The van der Waals surface area contributed by atoms with Crippen LogP contribution in [0.1, 0.15) is 49.8 Å². The molecular formula is C25H30O2. The van der Waals surface area contributed by atoms with Crippen molar-refractivity contribution >= 4 is 0 Å². The predicted octanol–water partition coefficient (Wildman–Crippen LogP) is 6.60. The number of hydrogen-bond donors (Lipinski definition) is 0. The van der Waals surface area contributed by atoms with Gasteiger partial charge in [-0.1, -0.05) is 61.9 Å². The van der Waals surface area contributed by atoms with E-state index < -0.39 is 0 Å². The van der Waals surface area contributed by atoms with Crippen LogP contribution in [-0.2, 0) is 6.61 Å². The normalized spacial score (nSPS) is 16.3. The summed E-state index contributed by atoms with van der Waals surface area (Å²) in [5.74, 6) is 2.64. The molecule has 2 aromatic carbocycles. The van der Waals surface area contributed by atoms with E-state index in [4.69, 9.17) is 9.47 Å². The number of ether oxygens (including phenoxy) is 2. The van der Waals surface area contributed by atoms with Crippen molar-refractivity contribution in [3.05, 3.63) is 83.0 Å². The Hall–Kier alpha value is -2.48. The van der Waals surface area contributed by atoms with Crippen LogP contribution in [0.2, 0.25) is 0 Å². The lowest BCUT2D eigenvalue weighted by molar-refractivity contribution is 0.264. The summed E-state index contributed by atoms with van der Waals surface area (Å²) in [6.45, 7) is 9.96. The van der Waals surface area contributed by atoms with E-state index in [0.29, 0.717) is 25.0 Å². The maximum Gasteiger partial charge on any atom is 0.123 e. The second-order valence-corrected chi connectivity index (χ2v) is 7.69. The highest BCUT2D eigenvalue weighted by Gasteiger charge is 2.14. The number of aryl methyl sites for hydroxylation is 1. The lowest BCUT2D eigenvalue weighted by Gasteiger charge is -2.20. The Kier molecular flexibility index (Phi) is 6.39. The molecule has 1 aliphatic carbocycles. The lowest BCUT2D eigenvalue weighted by Crippen LogP contribution is -2.14. The van der Waals surface area contributed by atoms with E-state index in [1.165, 1.54) is 22.3 Å². The van der Waals surface area contributed by atoms with Gasteiger partial charge in [-0.3, -0.25) is 0 Å². The van der Waals surface area contributed by atoms with Crippen LogP contribution in [0.4, 0.5) is 0 Å². The van der Waals surface area contributed by atoms with E-state index in [1.54, 1.807) is 0 Å². The predicted molar refractivity (Wildman–Crippen MR) is 113 cm³/mol. The van der Waals surface area contributed by atoms with Crippen molar-refractivity contribution in [3.63, 3.8) is 0 Å². The number of benzene rings is 2. The van der Waals surface area contributed by atoms with E-state index in [1.807, 2.05) is 6.07 Å². The van der Waals surface area contributed by atoms with Crippen molar-refractivity contribution in [2.75, 3.05) is 6.61 Å². The fourth-order valence-electron chi connectivity index (χ4n) is 3.21. The van der Waals surface area contributed by atoms with Crippen molar-refractivity contribution in [1.82, 2.24) is 0 Å². The molecule has 0 heterocycles. The van der Waals surface area contributed by atoms with Crippen molar-refractivity contribution in [3.8, 4) is 11.5 Å². The minimum Gasteiger partial charge on any atom is -0.493 e. The van der Waals surface area contributed by atoms with Crippen LogP contribution >= 0.6 is 0 Å². The molecule has 3 rings (SSSR count). The molecule has 1 aliphatic rings. The molecule has 0 amide bonds. The summed E-state index contributed by atoms with van der Waals surface area (Å²) in [6.07, 6.45) is 7.56. The summed E-state index contributed by atoms with van der Waals surface area (Å²) >= 11 is 0. The molecule has 2 heteroatoms. The molecule has 0 N–H and O–H groups in total. The molecule has 0 fully saturated rings. The Balaban J connectivity index is 1.71. The van der Waals surface area contributed by atoms with Gasteiger partial charge in [0.25, 0.3) is 0 Å². The summed E-state index contributed by atoms with van der Waals surface area (Å²) in [6, 6.07) is 14.6. The van der Waals surface area contributed by atoms with Crippen LogP contribution in [0, 0.1) is 12.8 Å². The SMILES string of the molecule is CC1=CC=CCC1COc1cc(OCc2ccccc2C)cc(C(C)C)c1. The molecular weight excluding hydrogens is 332 g/mol. The zero-order valence-electron chi connectivity index (χ0n) is 16.9. The van der Waals surface area contributed by atoms with Gasteiger partial charge in [0.2, 0.25) is 0 Å². The van der Waals surface area contributed by atoms with Gasteiger partial charge in [-0.2, -0.15) is 0 Å². The summed E-state index contributed by atoms with van der Waals surface area (Å²) in [5.41, 5.74) is 5.09. The highest BCUT2D eigenvalue weighted by atomic mass is 16.5. The zero-order chi connectivity index (χ0) is 19.2. The summed E-state index contributed by atoms with van der Waals surface area (Å²) in [4.78, 5) is 0. The number of hydrogen-bond acceptors (Lipinski definition) is 2. The first kappa shape index (κ1) is 19.3. The highest BCUT2D eigenvalue weighted by Crippen LogP contribution is 2.29. The molecule has 2 nitrogen and oxygen atoms in total. The van der Waals surface area contributed by atoms with Gasteiger partial charge in [-0.15, -0.1) is 0 Å². The average molecular weight is 363 g/mol. The standard InChI is InChI=1S/C25H30O2/c1-18(2)23-13-24(26-16-21-11-7-5-9-19(21)3)15-25(14-23)27-17-22-12-8-6-10-20(22)4/h5-11,13-15,18,22H,12,16-17H2,1-4H3. The molecule has 2 aromatic rings. The van der Waals surface area contributed by atoms with E-state index in [-0.39, 0.29) is 0 Å². The molecule has 0 aromatic heterocycles. The van der Waals surface area contributed by atoms with Crippen LogP contribution in [0.15, 0.2) is 66.3 Å². The minimum absolute atomic E-state index is 0.425. The van der Waals surface area contributed by atoms with Gasteiger partial charge in [0.05, 0.1) is 6.61 Å². The summed E-state index contributed by atoms with van der Waals surface area (Å²) < 4.78 is 12.3. The second-order valence-electron chi connectivity index (χ2n) is 7.69. The van der Waals surface area contributed by atoms with Crippen LogP contribution < -0.4 is 9.47 Å². The Bertz CT molecular complexity index is 830. The fourth-order valence-corrected chi connectivity index (χ4v) is 3.21. The topological polar surface area (TPSA) is 18.5 Å². The molecule has 27 heavy (non-hydrogen) atoms. The summed E-state index contributed by atoms with van der Waals surface area (Å²) in [5, 5.41) is 0. The van der Waals surface area contributed by atoms with Gasteiger partial charge in [-0.05, 0) is 55.0 Å². The van der Waals surface area contributed by atoms with Crippen LogP contribution in [-0.4, -0.2) is 6.61 Å². The molecule has 0 bridgehead atoms. The molecule has 1 unspecified atom stereocenters. The molecule has 1 atom stereocenters. The molecule has 0 saturated carbocycles. The molecule has 0 saturated heterocycles. The third-order valence-electron chi connectivity index (χ3n) is 5.24. The second kappa shape index (κ2) is 8.94. The van der Waals surface area contributed by atoms with E-state index >= 15 is 0 Å². The first-order chi connectivity index (χ1) is 13.0. The van der Waals surface area contributed by atoms with E-state index in [9.17, 15) is 0 Å². The number of allylic oxidation sites excluding steroid dienone is 3. The first-order valence-corrected chi connectivity index (χ1v) is 9.81. The Morgan fingerprint density at radius 3 is 2.44 bits per heavy atom. The fraction of sp³-hybridized carbons (Fsp3) is 0.360. The van der Waals surface area contributed by atoms with E-state index in [0.717, 1.165) is 17.9 Å². The maximum absolute atomic E-state index is 6.17. The van der Waals surface area contributed by atoms with Gasteiger partial charge >= 0.3 is 0 Å². The minimum atomic E-state index is 0.425. The first-order valence-electron chi connectivity index (χ1n) is 9.81. The Morgan fingerprint density at radius 1 is 1.00 bits per heavy atom. The van der Waals surface area contributed by atoms with Gasteiger partial charge < -0.3 is 9.47 Å². The largest absolute Gasteiger partial charge is 0.493 e. The van der Waals surface area contributed by atoms with Gasteiger partial charge in [-0.25, -0.2) is 0 Å². The van der Waals surface area contributed by atoms with Crippen molar-refractivity contribution in [2.45, 2.75) is 46.6 Å². The number of rotatable bonds is 7. The molecule has 142 valence electrons. The zero-order valence-corrected chi connectivity index (χ0v) is 16.9. The molecule has 0 aliphatic heterocycles. The van der Waals surface area contributed by atoms with Gasteiger partial charge in [0, 0.05) is 12.0 Å². The van der Waals surface area contributed by atoms with Crippen molar-refractivity contribution in [2.24, 2.45) is 5.92 Å². The average Bonchev–Trinajstić information content (AvgIpc) is 2.66. The third kappa shape index (κ3) is 5.26. The Labute approximate surface area is 163 Å². The lowest BCUT2D eigenvalue weighted by atomic mass is 9.94. The van der Waals surface area contributed by atoms with Crippen molar-refractivity contribution < 1.29 is 9.47 Å². The summed E-state index contributed by atoms with van der Waals surface area (Å²) in [7, 11) is 0. The van der Waals surface area contributed by atoms with Crippen LogP contribution in [0.25, 0.3) is 0 Å². The Morgan fingerprint density at radius 2 is 1.74 bits per heavy atom. The molecule has 0 radical (unpaired) electrons. The monoisotopic (exact) mass is 362 g/mol. The maximum atomic E-state index is 6.17. The smallest absolute Gasteiger partial charge is 0.123 e.